The van der Waals surface area contributed by atoms with Crippen LogP contribution in [-0.2, 0) is 0 Å². The quantitative estimate of drug-likeness (QED) is 0.677. The van der Waals surface area contributed by atoms with Crippen LogP contribution in [0, 0.1) is 0 Å². The van der Waals surface area contributed by atoms with Crippen molar-refractivity contribution in [2.75, 3.05) is 5.43 Å². The molecule has 0 aliphatic heterocycles. The highest BCUT2D eigenvalue weighted by Gasteiger charge is 1.97. The van der Waals surface area contributed by atoms with E-state index in [9.17, 15) is 9.90 Å². The van der Waals surface area contributed by atoms with Gasteiger partial charge in [0.05, 0.1) is 17.9 Å². The van der Waals surface area contributed by atoms with Gasteiger partial charge in [0.1, 0.15) is 0 Å². The van der Waals surface area contributed by atoms with Crippen LogP contribution in [0.3, 0.4) is 0 Å². The molecule has 0 amide bonds. The van der Waals surface area contributed by atoms with E-state index >= 15 is 0 Å². The molecule has 108 valence electrons. The summed E-state index contributed by atoms with van der Waals surface area (Å²) in [6.07, 6.45) is 1.72. The first-order chi connectivity index (χ1) is 10.1. The molecule has 0 unspecified atom stereocenters. The summed E-state index contributed by atoms with van der Waals surface area (Å²) in [5, 5.41) is 14.7. The van der Waals surface area contributed by atoms with Crippen LogP contribution in [0.5, 0.6) is 0 Å². The van der Waals surface area contributed by atoms with E-state index in [2.05, 4.69) is 36.5 Å². The maximum Gasteiger partial charge on any atom is 0.0715 e. The number of hydrazone groups is 1. The Kier molecular flexibility index (Phi) is 4.72. The fraction of sp³-hybridized carbons (Fsp3) is 0.176. The SMILES string of the molecule is CC(C)c1ccc(/C=N\Nc2ccc(C(=O)[O-])cc2)cc1. The molecule has 0 atom stereocenters. The van der Waals surface area contributed by atoms with E-state index in [1.54, 1.807) is 18.3 Å². The minimum absolute atomic E-state index is 0.147. The third kappa shape index (κ3) is 4.18. The van der Waals surface area contributed by atoms with Gasteiger partial charge in [0.2, 0.25) is 0 Å². The standard InChI is InChI=1S/C17H18N2O2/c1-12(2)14-5-3-13(4-6-14)11-18-19-16-9-7-15(8-10-16)17(20)21/h3-12,19H,1-2H3,(H,20,21)/p-1/b18-11-. The van der Waals surface area contributed by atoms with E-state index in [0.717, 1.165) is 11.3 Å². The van der Waals surface area contributed by atoms with E-state index in [1.807, 2.05) is 12.1 Å². The zero-order valence-electron chi connectivity index (χ0n) is 12.0. The smallest absolute Gasteiger partial charge is 0.0715 e. The summed E-state index contributed by atoms with van der Waals surface area (Å²) in [5.41, 5.74) is 6.01. The third-order valence-corrected chi connectivity index (χ3v) is 3.13. The number of aromatic carboxylic acids is 1. The van der Waals surface area contributed by atoms with E-state index in [4.69, 9.17) is 0 Å². The van der Waals surface area contributed by atoms with Gasteiger partial charge < -0.3 is 9.90 Å². The number of hydrogen-bond acceptors (Lipinski definition) is 4. The lowest BCUT2D eigenvalue weighted by Crippen LogP contribution is -2.21. The second-order valence-corrected chi connectivity index (χ2v) is 5.06. The molecule has 21 heavy (non-hydrogen) atoms. The number of carbonyl (C=O) groups excluding carboxylic acids is 1. The van der Waals surface area contributed by atoms with Gasteiger partial charge in [-0.05, 0) is 34.7 Å². The molecule has 0 aliphatic carbocycles. The summed E-state index contributed by atoms with van der Waals surface area (Å²) < 4.78 is 0. The molecule has 0 fully saturated rings. The second-order valence-electron chi connectivity index (χ2n) is 5.06. The maximum absolute atomic E-state index is 10.6. The number of carboxylic acids is 1. The van der Waals surface area contributed by atoms with Crippen LogP contribution in [0.25, 0.3) is 0 Å². The highest BCUT2D eigenvalue weighted by atomic mass is 16.4. The molecular formula is C17H17N2O2-. The minimum Gasteiger partial charge on any atom is -0.545 e. The Bertz CT molecular complexity index is 629. The number of carbonyl (C=O) groups is 1. The average molecular weight is 281 g/mol. The molecular weight excluding hydrogens is 264 g/mol. The number of nitrogens with one attached hydrogen (secondary N) is 1. The number of nitrogens with zero attached hydrogens (tertiary/aromatic N) is 1. The van der Waals surface area contributed by atoms with Crippen molar-refractivity contribution in [2.24, 2.45) is 5.10 Å². The summed E-state index contributed by atoms with van der Waals surface area (Å²) in [6.45, 7) is 4.31. The predicted octanol–water partition coefficient (Wildman–Crippen LogP) is 2.62. The summed E-state index contributed by atoms with van der Waals surface area (Å²) in [5.74, 6) is -0.674. The van der Waals surface area contributed by atoms with Gasteiger partial charge in [-0.15, -0.1) is 0 Å². The first-order valence-electron chi connectivity index (χ1n) is 6.76. The van der Waals surface area contributed by atoms with Gasteiger partial charge in [-0.3, -0.25) is 5.43 Å². The van der Waals surface area contributed by atoms with Crippen molar-refractivity contribution < 1.29 is 9.90 Å². The fourth-order valence-corrected chi connectivity index (χ4v) is 1.83. The van der Waals surface area contributed by atoms with E-state index in [1.165, 1.54) is 17.7 Å². The fourth-order valence-electron chi connectivity index (χ4n) is 1.83. The minimum atomic E-state index is -1.18. The third-order valence-electron chi connectivity index (χ3n) is 3.13. The van der Waals surface area contributed by atoms with E-state index in [0.29, 0.717) is 5.92 Å². The van der Waals surface area contributed by atoms with Gasteiger partial charge in [0.25, 0.3) is 0 Å². The first-order valence-corrected chi connectivity index (χ1v) is 6.76. The molecule has 0 spiro atoms. The summed E-state index contributed by atoms with van der Waals surface area (Å²) in [7, 11) is 0. The lowest BCUT2D eigenvalue weighted by molar-refractivity contribution is -0.255. The first kappa shape index (κ1) is 14.8. The van der Waals surface area contributed by atoms with Crippen molar-refractivity contribution >= 4 is 17.9 Å². The number of anilines is 1. The molecule has 0 bridgehead atoms. The van der Waals surface area contributed by atoms with Crippen LogP contribution in [0.2, 0.25) is 0 Å². The normalized spacial score (nSPS) is 11.0. The monoisotopic (exact) mass is 281 g/mol. The number of carboxylic acid groups (broad SMARTS) is 1. The zero-order chi connectivity index (χ0) is 15.2. The number of rotatable bonds is 5. The van der Waals surface area contributed by atoms with Crippen molar-refractivity contribution in [3.8, 4) is 0 Å². The van der Waals surface area contributed by atoms with Crippen LogP contribution in [0.1, 0.15) is 41.3 Å². The van der Waals surface area contributed by atoms with Crippen LogP contribution >= 0.6 is 0 Å². The van der Waals surface area contributed by atoms with Crippen LogP contribution in [0.15, 0.2) is 53.6 Å². The molecule has 0 saturated heterocycles. The Labute approximate surface area is 124 Å². The Balaban J connectivity index is 1.97. The largest absolute Gasteiger partial charge is 0.545 e. The maximum atomic E-state index is 10.6. The zero-order valence-corrected chi connectivity index (χ0v) is 12.0. The van der Waals surface area contributed by atoms with Crippen molar-refractivity contribution in [3.05, 3.63) is 65.2 Å². The lowest BCUT2D eigenvalue weighted by Gasteiger charge is -2.05. The van der Waals surface area contributed by atoms with Gasteiger partial charge in [-0.2, -0.15) is 5.10 Å². The molecule has 2 aromatic rings. The van der Waals surface area contributed by atoms with Crippen molar-refractivity contribution in [2.45, 2.75) is 19.8 Å². The molecule has 4 heteroatoms. The summed E-state index contributed by atoms with van der Waals surface area (Å²) in [4.78, 5) is 10.6. The molecule has 0 aliphatic rings. The molecule has 0 radical (unpaired) electrons. The number of hydrogen-bond donors (Lipinski definition) is 1. The molecule has 1 N–H and O–H groups in total. The summed E-state index contributed by atoms with van der Waals surface area (Å²) in [6, 6.07) is 14.4. The van der Waals surface area contributed by atoms with Crippen LogP contribution in [-0.4, -0.2) is 12.2 Å². The molecule has 0 aromatic heterocycles. The highest BCUT2D eigenvalue weighted by Crippen LogP contribution is 2.14. The van der Waals surface area contributed by atoms with Gasteiger partial charge >= 0.3 is 0 Å². The topological polar surface area (TPSA) is 64.5 Å². The highest BCUT2D eigenvalue weighted by molar-refractivity contribution is 5.86. The Morgan fingerprint density at radius 1 is 1.10 bits per heavy atom. The van der Waals surface area contributed by atoms with Crippen molar-refractivity contribution in [3.63, 3.8) is 0 Å². The van der Waals surface area contributed by atoms with Crippen LogP contribution < -0.4 is 10.5 Å². The molecule has 2 aromatic carbocycles. The average Bonchev–Trinajstić information content (AvgIpc) is 2.48. The van der Waals surface area contributed by atoms with Crippen molar-refractivity contribution in [1.29, 1.82) is 0 Å². The molecule has 0 saturated carbocycles. The van der Waals surface area contributed by atoms with Crippen LogP contribution in [0.4, 0.5) is 5.69 Å². The molecule has 4 nitrogen and oxygen atoms in total. The number of benzene rings is 2. The summed E-state index contributed by atoms with van der Waals surface area (Å²) >= 11 is 0. The second kappa shape index (κ2) is 6.70. The Hall–Kier alpha value is -2.62. The Morgan fingerprint density at radius 3 is 2.24 bits per heavy atom. The van der Waals surface area contributed by atoms with Gasteiger partial charge in [0, 0.05) is 0 Å². The van der Waals surface area contributed by atoms with Gasteiger partial charge in [0.15, 0.2) is 0 Å². The molecule has 0 heterocycles. The predicted molar refractivity (Wildman–Crippen MR) is 82.5 cm³/mol. The van der Waals surface area contributed by atoms with Gasteiger partial charge in [-0.25, -0.2) is 0 Å². The Morgan fingerprint density at radius 2 is 1.71 bits per heavy atom. The van der Waals surface area contributed by atoms with E-state index < -0.39 is 5.97 Å². The van der Waals surface area contributed by atoms with Crippen molar-refractivity contribution in [1.82, 2.24) is 0 Å². The molecule has 2 rings (SSSR count). The lowest BCUT2D eigenvalue weighted by atomic mass is 10.0. The van der Waals surface area contributed by atoms with Gasteiger partial charge in [-0.1, -0.05) is 50.2 Å². The van der Waals surface area contributed by atoms with E-state index in [-0.39, 0.29) is 5.56 Å².